The minimum Gasteiger partial charge on any atom is -0.504 e. The molecule has 0 unspecified atom stereocenters. The minimum atomic E-state index is -1.82. The van der Waals surface area contributed by atoms with Crippen LogP contribution in [0, 0.1) is 33.2 Å². The summed E-state index contributed by atoms with van der Waals surface area (Å²) in [5, 5.41) is 49.6. The maximum atomic E-state index is 14.4. The van der Waals surface area contributed by atoms with Crippen molar-refractivity contribution >= 4 is 82.8 Å². The Morgan fingerprint density at radius 3 is 1.88 bits per heavy atom. The molecule has 6 atom stereocenters. The highest BCUT2D eigenvalue weighted by molar-refractivity contribution is 14.1. The van der Waals surface area contributed by atoms with Crippen LogP contribution in [-0.4, -0.2) is 70.2 Å². The molecule has 4 aliphatic rings. The summed E-state index contributed by atoms with van der Waals surface area (Å²) in [6, 6.07) is 15.2. The van der Waals surface area contributed by atoms with Crippen molar-refractivity contribution in [3.8, 4) is 11.5 Å². The zero-order chi connectivity index (χ0) is 34.2. The normalized spacial score (nSPS) is 26.2. The number of hydrogen-bond donors (Lipinski definition) is 5. The smallest absolute Gasteiger partial charge is 0.488 e. The number of anilines is 2. The Bertz CT molecular complexity index is 1920. The summed E-state index contributed by atoms with van der Waals surface area (Å²) in [6.07, 6.45) is 2.22. The molecule has 4 amide bonds. The molecule has 0 bridgehead atoms. The molecule has 5 N–H and O–H groups in total. The molecule has 15 heteroatoms. The van der Waals surface area contributed by atoms with Gasteiger partial charge in [0.05, 0.1) is 45.7 Å². The lowest BCUT2D eigenvalue weighted by Crippen LogP contribution is -2.43. The van der Waals surface area contributed by atoms with Gasteiger partial charge in [0.2, 0.25) is 23.6 Å². The molecule has 3 aromatic carbocycles. The number of ether oxygens (including phenoxy) is 1. The number of allylic oxidation sites excluding steroid dienone is 2. The van der Waals surface area contributed by atoms with Crippen LogP contribution in [0.3, 0.4) is 0 Å². The summed E-state index contributed by atoms with van der Waals surface area (Å²) in [6.45, 7) is 0. The molecule has 7 rings (SSSR count). The number of nitrogens with zero attached hydrogens (tertiary/aromatic N) is 2. The number of rotatable bonds is 6. The van der Waals surface area contributed by atoms with Crippen molar-refractivity contribution in [1.82, 2.24) is 0 Å². The molecule has 0 spiro atoms. The fraction of sp³-hybridized carbons (Fsp3) is 0.273. The Balaban J connectivity index is 1.34. The van der Waals surface area contributed by atoms with Crippen molar-refractivity contribution in [3.05, 3.63) is 81.4 Å². The summed E-state index contributed by atoms with van der Waals surface area (Å²) >= 11 is 1.96. The van der Waals surface area contributed by atoms with Gasteiger partial charge in [0.15, 0.2) is 11.5 Å². The van der Waals surface area contributed by atoms with Gasteiger partial charge in [-0.05, 0) is 94.2 Å². The van der Waals surface area contributed by atoms with E-state index >= 15 is 0 Å². The second-order valence-electron chi connectivity index (χ2n) is 12.5. The standard InChI is InChI=1S/C33H29B2IN2O10/c1-48-25-11-15(10-24(36)29(25)39)26-20-8-9-21-27(32(42)37(30(21)40)18-6-2-4-16(12-18)34(44)45)22(20)14-23-28(26)33(43)38(31(23)41)19-7-3-5-17(13-19)35(46)47/h2-8,10-13,21-23,26-28,39,44-47H,9,14H2,1H3/t21-,22+,23+,26-,27-,28+/m0/s1. The van der Waals surface area contributed by atoms with Gasteiger partial charge in [-0.3, -0.25) is 29.0 Å². The summed E-state index contributed by atoms with van der Waals surface area (Å²) in [5.41, 5.74) is 1.94. The van der Waals surface area contributed by atoms with Crippen molar-refractivity contribution in [2.75, 3.05) is 16.9 Å². The quantitative estimate of drug-likeness (QED) is 0.102. The van der Waals surface area contributed by atoms with E-state index in [0.717, 1.165) is 15.4 Å². The highest BCUT2D eigenvalue weighted by atomic mass is 127. The second-order valence-corrected chi connectivity index (χ2v) is 13.7. The van der Waals surface area contributed by atoms with Gasteiger partial charge in [0.1, 0.15) is 0 Å². The van der Waals surface area contributed by atoms with E-state index in [0.29, 0.717) is 9.13 Å². The first-order valence-electron chi connectivity index (χ1n) is 15.4. The number of carbonyl (C=O) groups is 4. The van der Waals surface area contributed by atoms with Gasteiger partial charge < -0.3 is 29.9 Å². The minimum absolute atomic E-state index is 0.0827. The van der Waals surface area contributed by atoms with Crippen molar-refractivity contribution < 1.29 is 49.1 Å². The number of amides is 4. The van der Waals surface area contributed by atoms with Gasteiger partial charge >= 0.3 is 14.2 Å². The molecule has 1 saturated carbocycles. The van der Waals surface area contributed by atoms with Crippen molar-refractivity contribution in [2.45, 2.75) is 18.8 Å². The molecule has 3 aromatic rings. The van der Waals surface area contributed by atoms with Gasteiger partial charge in [-0.25, -0.2) is 0 Å². The lowest BCUT2D eigenvalue weighted by atomic mass is 9.57. The topological polar surface area (TPSA) is 185 Å². The highest BCUT2D eigenvalue weighted by Crippen LogP contribution is 2.59. The van der Waals surface area contributed by atoms with Crippen molar-refractivity contribution in [2.24, 2.45) is 29.6 Å². The monoisotopic (exact) mass is 762 g/mol. The molecular weight excluding hydrogens is 733 g/mol. The number of benzene rings is 3. The largest absolute Gasteiger partial charge is 0.504 e. The van der Waals surface area contributed by atoms with Gasteiger partial charge in [-0.2, -0.15) is 0 Å². The van der Waals surface area contributed by atoms with Crippen LogP contribution >= 0.6 is 22.6 Å². The van der Waals surface area contributed by atoms with Crippen LogP contribution in [-0.2, 0) is 19.2 Å². The molecule has 2 heterocycles. The summed E-state index contributed by atoms with van der Waals surface area (Å²) in [5.74, 6) is -6.46. The third kappa shape index (κ3) is 4.98. The van der Waals surface area contributed by atoms with Gasteiger partial charge in [-0.15, -0.1) is 0 Å². The van der Waals surface area contributed by atoms with Crippen LogP contribution in [0.4, 0.5) is 11.4 Å². The van der Waals surface area contributed by atoms with E-state index in [-0.39, 0.29) is 46.6 Å². The molecule has 244 valence electrons. The first-order valence-corrected chi connectivity index (χ1v) is 16.4. The molecule has 3 fully saturated rings. The van der Waals surface area contributed by atoms with Crippen molar-refractivity contribution in [1.29, 1.82) is 0 Å². The maximum absolute atomic E-state index is 14.4. The Hall–Kier alpha value is -4.02. The zero-order valence-corrected chi connectivity index (χ0v) is 27.6. The fourth-order valence-electron chi connectivity index (χ4n) is 8.05. The fourth-order valence-corrected chi connectivity index (χ4v) is 8.68. The Labute approximate surface area is 289 Å². The van der Waals surface area contributed by atoms with Crippen LogP contribution in [0.15, 0.2) is 72.3 Å². The number of fused-ring (bicyclic) bond motifs is 4. The third-order valence-electron chi connectivity index (χ3n) is 10.1. The van der Waals surface area contributed by atoms with E-state index in [1.807, 2.05) is 28.7 Å². The first kappa shape index (κ1) is 32.5. The van der Waals surface area contributed by atoms with Gasteiger partial charge in [0, 0.05) is 5.92 Å². The number of imide groups is 2. The molecule has 12 nitrogen and oxygen atoms in total. The first-order chi connectivity index (χ1) is 22.9. The van der Waals surface area contributed by atoms with Crippen LogP contribution in [0.1, 0.15) is 24.3 Å². The van der Waals surface area contributed by atoms with Gasteiger partial charge in [-0.1, -0.05) is 35.9 Å². The predicted octanol–water partition coefficient (Wildman–Crippen LogP) is 0.410. The van der Waals surface area contributed by atoms with E-state index in [4.69, 9.17) is 4.74 Å². The number of aromatic hydroxyl groups is 1. The van der Waals surface area contributed by atoms with Crippen LogP contribution < -0.4 is 25.5 Å². The number of phenols is 1. The van der Waals surface area contributed by atoms with E-state index in [1.54, 1.807) is 18.2 Å². The van der Waals surface area contributed by atoms with Gasteiger partial charge in [0.25, 0.3) is 0 Å². The number of carbonyl (C=O) groups excluding carboxylic acids is 4. The zero-order valence-electron chi connectivity index (χ0n) is 25.4. The molecular formula is C33H29B2IN2O10. The highest BCUT2D eigenvalue weighted by Gasteiger charge is 2.62. The SMILES string of the molecule is COc1cc([C@H]2C3=CC[C@@H]4C(=O)N(c5cccc(B(O)O)c5)C(=O)[C@@H]4[C@@H]3C[C@H]3C(=O)N(c4cccc(B(O)O)c4)C(=O)[C@@H]23)cc(I)c1O. The molecule has 2 aliphatic carbocycles. The number of methoxy groups -OCH3 is 1. The van der Waals surface area contributed by atoms with Crippen molar-refractivity contribution in [3.63, 3.8) is 0 Å². The van der Waals surface area contributed by atoms with E-state index in [9.17, 15) is 44.4 Å². The van der Waals surface area contributed by atoms with E-state index in [1.165, 1.54) is 49.6 Å². The average Bonchev–Trinajstić information content (AvgIpc) is 3.48. The van der Waals surface area contributed by atoms with Crippen LogP contribution in [0.2, 0.25) is 0 Å². The van der Waals surface area contributed by atoms with E-state index < -0.39 is 73.4 Å². The Morgan fingerprint density at radius 2 is 1.31 bits per heavy atom. The second kappa shape index (κ2) is 12.1. The summed E-state index contributed by atoms with van der Waals surface area (Å²) < 4.78 is 5.90. The average molecular weight is 762 g/mol. The Morgan fingerprint density at radius 1 is 0.750 bits per heavy atom. The lowest BCUT2D eigenvalue weighted by molar-refractivity contribution is -0.126. The number of phenolic OH excluding ortho intramolecular Hbond substituents is 1. The third-order valence-corrected chi connectivity index (χ3v) is 11.0. The van der Waals surface area contributed by atoms with E-state index in [2.05, 4.69) is 0 Å². The number of halogens is 1. The Kier molecular flexibility index (Phi) is 8.23. The molecule has 2 saturated heterocycles. The maximum Gasteiger partial charge on any atom is 0.488 e. The predicted molar refractivity (Wildman–Crippen MR) is 182 cm³/mol. The molecule has 2 aliphatic heterocycles. The van der Waals surface area contributed by atoms with Crippen LogP contribution in [0.5, 0.6) is 11.5 Å². The molecule has 0 aromatic heterocycles. The summed E-state index contributed by atoms with van der Waals surface area (Å²) in [7, 11) is -2.22. The molecule has 48 heavy (non-hydrogen) atoms. The summed E-state index contributed by atoms with van der Waals surface area (Å²) in [4.78, 5) is 58.8. The lowest BCUT2D eigenvalue weighted by Gasteiger charge is -2.44. The van der Waals surface area contributed by atoms with Crippen LogP contribution in [0.25, 0.3) is 0 Å². The number of hydrogen-bond acceptors (Lipinski definition) is 10. The molecule has 0 radical (unpaired) electrons.